The second-order valence-corrected chi connectivity index (χ2v) is 10.1. The van der Waals surface area contributed by atoms with Crippen LogP contribution in [0.15, 0.2) is 48.9 Å². The molecule has 38 heavy (non-hydrogen) atoms. The van der Waals surface area contributed by atoms with E-state index in [9.17, 15) is 13.6 Å². The number of aromatic nitrogens is 2. The molecule has 7 nitrogen and oxygen atoms in total. The summed E-state index contributed by atoms with van der Waals surface area (Å²) in [5.74, 6) is -0.736. The lowest BCUT2D eigenvalue weighted by Crippen LogP contribution is -2.48. The topological polar surface area (TPSA) is 71.4 Å². The lowest BCUT2D eigenvalue weighted by Gasteiger charge is -2.29. The fourth-order valence-corrected chi connectivity index (χ4v) is 5.42. The number of imidazole rings is 1. The first-order valence-corrected chi connectivity index (χ1v) is 13.5. The number of morpholine rings is 1. The Labute approximate surface area is 222 Å². The van der Waals surface area contributed by atoms with E-state index in [1.165, 1.54) is 11.6 Å². The number of anilines is 1. The maximum Gasteiger partial charge on any atom is 0.242 e. The predicted molar refractivity (Wildman–Crippen MR) is 142 cm³/mol. The molecule has 0 saturated carbocycles. The minimum Gasteiger partial charge on any atom is -0.379 e. The van der Waals surface area contributed by atoms with Crippen LogP contribution >= 0.6 is 0 Å². The molecule has 2 heterocycles. The third-order valence-electron chi connectivity index (χ3n) is 7.40. The second kappa shape index (κ2) is 12.1. The van der Waals surface area contributed by atoms with Crippen LogP contribution in [-0.2, 0) is 28.9 Å². The SMILES string of the molecule is CCC[C@@H](N[C@H]1CCc2cc(F)cc(F)c2C1)C(=O)Nc1cn(-c2ccccc2CN2CCOCC2)cn1. The molecule has 1 fully saturated rings. The van der Waals surface area contributed by atoms with Crippen molar-refractivity contribution >= 4 is 11.7 Å². The number of benzene rings is 2. The van der Waals surface area contributed by atoms with E-state index in [1.54, 1.807) is 6.33 Å². The smallest absolute Gasteiger partial charge is 0.242 e. The summed E-state index contributed by atoms with van der Waals surface area (Å²) >= 11 is 0. The first-order valence-electron chi connectivity index (χ1n) is 13.5. The van der Waals surface area contributed by atoms with Gasteiger partial charge in [-0.25, -0.2) is 13.8 Å². The maximum atomic E-state index is 14.4. The Hall–Kier alpha value is -3.14. The molecule has 1 aliphatic carbocycles. The van der Waals surface area contributed by atoms with E-state index in [-0.39, 0.29) is 11.9 Å². The lowest BCUT2D eigenvalue weighted by molar-refractivity contribution is -0.118. The summed E-state index contributed by atoms with van der Waals surface area (Å²) in [5, 5.41) is 6.39. The zero-order valence-corrected chi connectivity index (χ0v) is 21.8. The van der Waals surface area contributed by atoms with E-state index in [1.807, 2.05) is 29.8 Å². The number of nitrogens with zero attached hydrogens (tertiary/aromatic N) is 3. The molecule has 0 radical (unpaired) electrons. The Kier molecular flexibility index (Phi) is 8.46. The zero-order chi connectivity index (χ0) is 26.5. The van der Waals surface area contributed by atoms with Crippen LogP contribution in [0, 0.1) is 11.6 Å². The Bertz CT molecular complexity index is 1260. The summed E-state index contributed by atoms with van der Waals surface area (Å²) in [7, 11) is 0. The number of hydrogen-bond acceptors (Lipinski definition) is 5. The quantitative estimate of drug-likeness (QED) is 0.439. The number of para-hydroxylation sites is 1. The summed E-state index contributed by atoms with van der Waals surface area (Å²) in [6, 6.07) is 10.1. The second-order valence-electron chi connectivity index (χ2n) is 10.1. The van der Waals surface area contributed by atoms with Gasteiger partial charge in [-0.1, -0.05) is 31.5 Å². The Morgan fingerprint density at radius 1 is 1.21 bits per heavy atom. The molecule has 2 atom stereocenters. The van der Waals surface area contributed by atoms with E-state index in [4.69, 9.17) is 4.74 Å². The van der Waals surface area contributed by atoms with Crippen molar-refractivity contribution in [2.24, 2.45) is 0 Å². The van der Waals surface area contributed by atoms with Crippen molar-refractivity contribution in [1.82, 2.24) is 19.8 Å². The number of halogens is 2. The van der Waals surface area contributed by atoms with Crippen LogP contribution in [0.2, 0.25) is 0 Å². The fourth-order valence-electron chi connectivity index (χ4n) is 5.42. The van der Waals surface area contributed by atoms with Gasteiger partial charge in [-0.15, -0.1) is 0 Å². The molecule has 0 bridgehead atoms. The minimum absolute atomic E-state index is 0.0608. The molecule has 1 aromatic heterocycles. The molecule has 1 amide bonds. The summed E-state index contributed by atoms with van der Waals surface area (Å²) in [5.41, 5.74) is 3.46. The average molecular weight is 524 g/mol. The minimum atomic E-state index is -0.543. The van der Waals surface area contributed by atoms with Crippen molar-refractivity contribution in [3.05, 3.63) is 77.2 Å². The van der Waals surface area contributed by atoms with Crippen molar-refractivity contribution in [3.8, 4) is 5.69 Å². The standard InChI is InChI=1S/C29H35F2N5O2/c1-2-5-26(33-23-9-8-20-14-22(30)15-25(31)24(20)16-23)29(37)34-28-18-36(19-32-28)27-7-4-3-6-21(27)17-35-10-12-38-13-11-35/h3-4,6-7,14-15,18-19,23,26,33H,2,5,8-13,16-17H2,1H3,(H,34,37)/t23-,26+/m0/s1. The number of carbonyl (C=O) groups excluding carboxylic acids is 1. The van der Waals surface area contributed by atoms with Crippen molar-refractivity contribution in [1.29, 1.82) is 0 Å². The van der Waals surface area contributed by atoms with Gasteiger partial charge in [-0.05, 0) is 54.5 Å². The van der Waals surface area contributed by atoms with E-state index in [0.29, 0.717) is 30.6 Å². The number of carbonyl (C=O) groups is 1. The van der Waals surface area contributed by atoms with Crippen LogP contribution < -0.4 is 10.6 Å². The van der Waals surface area contributed by atoms with Crippen molar-refractivity contribution < 1.29 is 18.3 Å². The third-order valence-corrected chi connectivity index (χ3v) is 7.40. The molecule has 3 aromatic rings. The zero-order valence-electron chi connectivity index (χ0n) is 21.8. The third kappa shape index (κ3) is 6.28. The van der Waals surface area contributed by atoms with E-state index in [0.717, 1.165) is 63.0 Å². The maximum absolute atomic E-state index is 14.4. The number of aryl methyl sites for hydroxylation is 1. The van der Waals surface area contributed by atoms with Gasteiger partial charge >= 0.3 is 0 Å². The van der Waals surface area contributed by atoms with Crippen LogP contribution in [0.25, 0.3) is 5.69 Å². The van der Waals surface area contributed by atoms with E-state index in [2.05, 4.69) is 32.7 Å². The van der Waals surface area contributed by atoms with Gasteiger partial charge in [0, 0.05) is 31.7 Å². The number of ether oxygens (including phenoxy) is 1. The molecule has 9 heteroatoms. The van der Waals surface area contributed by atoms with Gasteiger partial charge in [-0.2, -0.15) is 0 Å². The molecule has 2 aromatic carbocycles. The molecule has 202 valence electrons. The number of hydrogen-bond donors (Lipinski definition) is 2. The molecular weight excluding hydrogens is 488 g/mol. The average Bonchev–Trinajstić information content (AvgIpc) is 3.38. The molecule has 2 N–H and O–H groups in total. The monoisotopic (exact) mass is 523 g/mol. The number of fused-ring (bicyclic) bond motifs is 1. The molecule has 0 spiro atoms. The number of nitrogens with one attached hydrogen (secondary N) is 2. The highest BCUT2D eigenvalue weighted by Gasteiger charge is 2.27. The number of rotatable bonds is 9. The first-order chi connectivity index (χ1) is 18.5. The first kappa shape index (κ1) is 26.5. The van der Waals surface area contributed by atoms with Crippen LogP contribution in [0.5, 0.6) is 0 Å². The normalized spacial score (nSPS) is 18.7. The van der Waals surface area contributed by atoms with E-state index < -0.39 is 17.7 Å². The predicted octanol–water partition coefficient (Wildman–Crippen LogP) is 4.24. The number of amides is 1. The highest BCUT2D eigenvalue weighted by molar-refractivity contribution is 5.94. The van der Waals surface area contributed by atoms with Crippen LogP contribution in [-0.4, -0.2) is 58.7 Å². The highest BCUT2D eigenvalue weighted by atomic mass is 19.1. The molecule has 2 aliphatic rings. The van der Waals surface area contributed by atoms with Crippen LogP contribution in [0.3, 0.4) is 0 Å². The molecule has 5 rings (SSSR count). The van der Waals surface area contributed by atoms with Crippen molar-refractivity contribution in [2.45, 2.75) is 57.7 Å². The largest absolute Gasteiger partial charge is 0.379 e. The van der Waals surface area contributed by atoms with Crippen LogP contribution in [0.4, 0.5) is 14.6 Å². The van der Waals surface area contributed by atoms with Gasteiger partial charge in [0.15, 0.2) is 5.82 Å². The Morgan fingerprint density at radius 2 is 2.03 bits per heavy atom. The van der Waals surface area contributed by atoms with Crippen molar-refractivity contribution in [3.63, 3.8) is 0 Å². The summed E-state index contributed by atoms with van der Waals surface area (Å²) in [6.45, 7) is 6.15. The Balaban J connectivity index is 1.24. The molecule has 1 aliphatic heterocycles. The summed E-state index contributed by atoms with van der Waals surface area (Å²) < 4.78 is 35.4. The molecule has 1 saturated heterocycles. The van der Waals surface area contributed by atoms with Gasteiger partial charge in [0.2, 0.25) is 5.91 Å². The van der Waals surface area contributed by atoms with Crippen LogP contribution in [0.1, 0.15) is 42.9 Å². The molecule has 0 unspecified atom stereocenters. The Morgan fingerprint density at radius 3 is 2.84 bits per heavy atom. The van der Waals surface area contributed by atoms with Gasteiger partial charge < -0.3 is 19.9 Å². The van der Waals surface area contributed by atoms with Gasteiger partial charge in [-0.3, -0.25) is 9.69 Å². The van der Waals surface area contributed by atoms with Crippen molar-refractivity contribution in [2.75, 3.05) is 31.6 Å². The van der Waals surface area contributed by atoms with Gasteiger partial charge in [0.1, 0.15) is 18.0 Å². The summed E-state index contributed by atoms with van der Waals surface area (Å²) in [4.78, 5) is 20.1. The molecular formula is C29H35F2N5O2. The summed E-state index contributed by atoms with van der Waals surface area (Å²) in [6.07, 6.45) is 6.75. The van der Waals surface area contributed by atoms with Gasteiger partial charge in [0.05, 0.1) is 31.1 Å². The highest BCUT2D eigenvalue weighted by Crippen LogP contribution is 2.26. The fraction of sp³-hybridized carbons (Fsp3) is 0.448. The lowest BCUT2D eigenvalue weighted by atomic mass is 9.87. The van der Waals surface area contributed by atoms with E-state index >= 15 is 0 Å². The van der Waals surface area contributed by atoms with Gasteiger partial charge in [0.25, 0.3) is 0 Å².